The Morgan fingerprint density at radius 3 is 2.67 bits per heavy atom. The van der Waals surface area contributed by atoms with E-state index in [0.717, 1.165) is 18.5 Å². The summed E-state index contributed by atoms with van der Waals surface area (Å²) in [5.74, 6) is -0.721. The van der Waals surface area contributed by atoms with Crippen LogP contribution in [0.15, 0.2) is 67.7 Å². The summed E-state index contributed by atoms with van der Waals surface area (Å²) in [6, 6.07) is 10.1. The van der Waals surface area contributed by atoms with Crippen molar-refractivity contribution in [1.29, 1.82) is 0 Å². The predicted molar refractivity (Wildman–Crippen MR) is 151 cm³/mol. The van der Waals surface area contributed by atoms with Crippen molar-refractivity contribution in [3.05, 3.63) is 84.7 Å². The van der Waals surface area contributed by atoms with Crippen molar-refractivity contribution in [2.75, 3.05) is 5.32 Å². The largest absolute Gasteiger partial charge is 0.457 e. The van der Waals surface area contributed by atoms with E-state index < -0.39 is 17.6 Å². The summed E-state index contributed by atoms with van der Waals surface area (Å²) in [5, 5.41) is 7.16. The average Bonchev–Trinajstić information content (AvgIpc) is 3.55. The lowest BCUT2D eigenvalue weighted by atomic mass is 9.87. The number of aromatic nitrogens is 6. The van der Waals surface area contributed by atoms with Crippen LogP contribution in [-0.4, -0.2) is 52.4 Å². The van der Waals surface area contributed by atoms with Crippen LogP contribution in [0, 0.1) is 12.7 Å². The molecule has 2 aliphatic heterocycles. The minimum Gasteiger partial charge on any atom is -0.457 e. The molecule has 0 saturated carbocycles. The number of anilines is 2. The first-order chi connectivity index (χ1) is 20.3. The second-order valence-electron chi connectivity index (χ2n) is 10.7. The zero-order valence-corrected chi connectivity index (χ0v) is 22.7. The van der Waals surface area contributed by atoms with E-state index in [1.165, 1.54) is 18.7 Å². The van der Waals surface area contributed by atoms with Crippen molar-refractivity contribution in [2.45, 2.75) is 50.6 Å². The summed E-state index contributed by atoms with van der Waals surface area (Å²) in [6.07, 6.45) is 7.60. The van der Waals surface area contributed by atoms with Crippen molar-refractivity contribution in [3.8, 4) is 11.5 Å². The smallest absolute Gasteiger partial charge is 0.282 e. The van der Waals surface area contributed by atoms with Crippen LogP contribution in [0.4, 0.5) is 20.3 Å². The molecule has 0 radical (unpaired) electrons. The molecule has 2 bridgehead atoms. The lowest BCUT2D eigenvalue weighted by molar-refractivity contribution is -0.133. The third-order valence-corrected chi connectivity index (χ3v) is 8.12. The fourth-order valence-corrected chi connectivity index (χ4v) is 6.15. The molecule has 0 unspecified atom stereocenters. The van der Waals surface area contributed by atoms with E-state index in [-0.39, 0.29) is 23.7 Å². The number of rotatable bonds is 6. The number of carbonyl (C=O) groups excluding carboxylic acids is 1. The molecular formula is C30H26F2N8O2. The first kappa shape index (κ1) is 25.9. The Morgan fingerprint density at radius 1 is 1.07 bits per heavy atom. The second kappa shape index (κ2) is 10.1. The number of halogens is 2. The number of amides is 1. The number of pyridine rings is 2. The lowest BCUT2D eigenvalue weighted by Crippen LogP contribution is -2.46. The maximum atomic E-state index is 15.3. The van der Waals surface area contributed by atoms with Gasteiger partial charge in [-0.25, -0.2) is 33.2 Å². The van der Waals surface area contributed by atoms with E-state index in [1.54, 1.807) is 33.8 Å². The molecule has 1 amide bonds. The van der Waals surface area contributed by atoms with Gasteiger partial charge in [-0.2, -0.15) is 5.10 Å². The van der Waals surface area contributed by atoms with E-state index >= 15 is 4.39 Å². The Labute approximate surface area is 239 Å². The van der Waals surface area contributed by atoms with Crippen molar-refractivity contribution in [3.63, 3.8) is 0 Å². The molecule has 212 valence electrons. The molecule has 0 spiro atoms. The van der Waals surface area contributed by atoms with Crippen LogP contribution in [0.2, 0.25) is 0 Å². The molecular weight excluding hydrogens is 542 g/mol. The fourth-order valence-electron chi connectivity index (χ4n) is 6.15. The normalized spacial score (nSPS) is 19.8. The molecule has 2 fully saturated rings. The third-order valence-electron chi connectivity index (χ3n) is 8.12. The van der Waals surface area contributed by atoms with Gasteiger partial charge >= 0.3 is 0 Å². The molecule has 5 aromatic rings. The number of carbonyl (C=O) groups is 1. The average molecular weight is 569 g/mol. The summed E-state index contributed by atoms with van der Waals surface area (Å²) in [7, 11) is 0. The quantitative estimate of drug-likeness (QED) is 0.257. The fraction of sp³-hybridized carbons (Fsp3) is 0.267. The summed E-state index contributed by atoms with van der Waals surface area (Å²) < 4.78 is 36.5. The zero-order valence-electron chi connectivity index (χ0n) is 22.7. The first-order valence-corrected chi connectivity index (χ1v) is 13.7. The number of hydrogen-bond acceptors (Lipinski definition) is 8. The van der Waals surface area contributed by atoms with Gasteiger partial charge < -0.3 is 15.0 Å². The van der Waals surface area contributed by atoms with Gasteiger partial charge in [-0.15, -0.1) is 0 Å². The molecule has 2 saturated heterocycles. The Bertz CT molecular complexity index is 1860. The number of nitrogens with zero attached hydrogens (tertiary/aromatic N) is 7. The Balaban J connectivity index is 1.14. The summed E-state index contributed by atoms with van der Waals surface area (Å²) in [4.78, 5) is 31.8. The SMILES string of the molecule is C=C(F)C(=O)N1[C@@H]2CC[C@H]1C[C@@H](c1ccc3ncnc(Nc4cc(C)c(Oc5ccn6ncnc6c5)cc4F)c3n1)C2. The second-order valence-corrected chi connectivity index (χ2v) is 10.7. The van der Waals surface area contributed by atoms with Crippen LogP contribution >= 0.6 is 0 Å². The number of nitrogens with one attached hydrogen (secondary N) is 1. The highest BCUT2D eigenvalue weighted by atomic mass is 19.1. The molecule has 42 heavy (non-hydrogen) atoms. The van der Waals surface area contributed by atoms with Gasteiger partial charge in [0.2, 0.25) is 0 Å². The molecule has 7 rings (SSSR count). The van der Waals surface area contributed by atoms with Crippen LogP contribution in [0.25, 0.3) is 16.7 Å². The molecule has 1 N–H and O–H groups in total. The summed E-state index contributed by atoms with van der Waals surface area (Å²) in [5.41, 5.74) is 3.51. The highest BCUT2D eigenvalue weighted by Crippen LogP contribution is 2.43. The van der Waals surface area contributed by atoms with E-state index in [2.05, 4.69) is 31.9 Å². The monoisotopic (exact) mass is 568 g/mol. The Hall–Kier alpha value is -5.00. The lowest BCUT2D eigenvalue weighted by Gasteiger charge is -2.38. The van der Waals surface area contributed by atoms with E-state index in [0.29, 0.717) is 52.4 Å². The number of aryl methyl sites for hydroxylation is 1. The van der Waals surface area contributed by atoms with E-state index in [4.69, 9.17) is 9.72 Å². The van der Waals surface area contributed by atoms with Crippen LogP contribution in [0.3, 0.4) is 0 Å². The van der Waals surface area contributed by atoms with Crippen LogP contribution in [0.1, 0.15) is 42.9 Å². The summed E-state index contributed by atoms with van der Waals surface area (Å²) in [6.45, 7) is 5.02. The number of hydrogen-bond donors (Lipinski definition) is 1. The van der Waals surface area contributed by atoms with Crippen LogP contribution in [0.5, 0.6) is 11.5 Å². The van der Waals surface area contributed by atoms with Gasteiger partial charge in [0.25, 0.3) is 5.91 Å². The van der Waals surface area contributed by atoms with E-state index in [9.17, 15) is 9.18 Å². The number of fused-ring (bicyclic) bond motifs is 4. The number of piperidine rings is 1. The Kier molecular flexibility index (Phi) is 6.25. The molecule has 6 heterocycles. The Morgan fingerprint density at radius 2 is 1.88 bits per heavy atom. The zero-order chi connectivity index (χ0) is 29.0. The van der Waals surface area contributed by atoms with Crippen molar-refractivity contribution >= 4 is 34.1 Å². The van der Waals surface area contributed by atoms with Gasteiger partial charge in [0.05, 0.1) is 11.2 Å². The van der Waals surface area contributed by atoms with Crippen LogP contribution in [-0.2, 0) is 4.79 Å². The maximum absolute atomic E-state index is 15.3. The molecule has 12 heteroatoms. The van der Waals surface area contributed by atoms with Gasteiger partial charge in [0, 0.05) is 42.0 Å². The van der Waals surface area contributed by atoms with Crippen LogP contribution < -0.4 is 10.1 Å². The minimum absolute atomic E-state index is 0.0491. The van der Waals surface area contributed by atoms with Crippen molar-refractivity contribution in [2.24, 2.45) is 0 Å². The third kappa shape index (κ3) is 4.58. The van der Waals surface area contributed by atoms with Gasteiger partial charge in [-0.05, 0) is 62.4 Å². The van der Waals surface area contributed by atoms with Crippen molar-refractivity contribution in [1.82, 2.24) is 34.4 Å². The predicted octanol–water partition coefficient (Wildman–Crippen LogP) is 5.77. The van der Waals surface area contributed by atoms with Gasteiger partial charge in [-0.1, -0.05) is 6.58 Å². The molecule has 0 aliphatic carbocycles. The standard InChI is InChI=1S/C30H26F2N8O2/c1-16-9-25(22(32)13-26(16)42-21-7-8-39-27(12-21)34-15-36-39)38-29-28-24(33-14-35-29)6-5-23(37-28)18-10-19-3-4-20(11-18)40(19)30(41)17(2)31/h5-9,12-15,18-20H,2-4,10-11H2,1H3,(H,33,35,38)/t18-,19+,20-. The highest BCUT2D eigenvalue weighted by molar-refractivity contribution is 5.91. The van der Waals surface area contributed by atoms with Gasteiger partial charge in [-0.3, -0.25) is 4.79 Å². The highest BCUT2D eigenvalue weighted by Gasteiger charge is 2.44. The molecule has 4 aromatic heterocycles. The number of benzene rings is 1. The first-order valence-electron chi connectivity index (χ1n) is 13.7. The molecule has 2 aliphatic rings. The summed E-state index contributed by atoms with van der Waals surface area (Å²) >= 11 is 0. The minimum atomic E-state index is -0.919. The van der Waals surface area contributed by atoms with Gasteiger partial charge in [0.15, 0.2) is 17.3 Å². The maximum Gasteiger partial charge on any atom is 0.282 e. The molecule has 10 nitrogen and oxygen atoms in total. The van der Waals surface area contributed by atoms with Crippen molar-refractivity contribution < 1.29 is 18.3 Å². The van der Waals surface area contributed by atoms with Gasteiger partial charge in [0.1, 0.15) is 35.5 Å². The number of ether oxygens (including phenoxy) is 1. The molecule has 3 atom stereocenters. The topological polar surface area (TPSA) is 110 Å². The molecule has 1 aromatic carbocycles. The van der Waals surface area contributed by atoms with E-state index in [1.807, 2.05) is 19.1 Å².